The first kappa shape index (κ1) is 13.0. The monoisotopic (exact) mass is 198 g/mol. The number of hydrogen-bond donors (Lipinski definition) is 1. The number of aliphatic hydroxyl groups excluding tert-OH is 1. The Morgan fingerprint density at radius 1 is 1.50 bits per heavy atom. The molecule has 80 valence electrons. The Kier molecular flexibility index (Phi) is 5.26. The molecule has 0 aliphatic rings. The lowest BCUT2D eigenvalue weighted by molar-refractivity contribution is -0.136. The SMILES string of the molecule is CCOC(=O)C#CC(O)CC(C)(C)C. The molecule has 0 aromatic heterocycles. The quantitative estimate of drug-likeness (QED) is 0.414. The van der Waals surface area contributed by atoms with Gasteiger partial charge < -0.3 is 9.84 Å². The number of carbonyl (C=O) groups is 1. The summed E-state index contributed by atoms with van der Waals surface area (Å²) < 4.78 is 4.60. The van der Waals surface area contributed by atoms with Crippen LogP contribution in [0.25, 0.3) is 0 Å². The van der Waals surface area contributed by atoms with Gasteiger partial charge in [-0.1, -0.05) is 26.7 Å². The molecule has 0 bridgehead atoms. The van der Waals surface area contributed by atoms with Crippen LogP contribution in [0.5, 0.6) is 0 Å². The lowest BCUT2D eigenvalue weighted by atomic mass is 9.89. The zero-order valence-corrected chi connectivity index (χ0v) is 9.26. The molecule has 0 fully saturated rings. The molecule has 0 aromatic carbocycles. The predicted molar refractivity (Wildman–Crippen MR) is 54.5 cm³/mol. The fraction of sp³-hybridized carbons (Fsp3) is 0.727. The molecular weight excluding hydrogens is 180 g/mol. The van der Waals surface area contributed by atoms with E-state index in [9.17, 15) is 9.90 Å². The van der Waals surface area contributed by atoms with E-state index in [0.717, 1.165) is 0 Å². The van der Waals surface area contributed by atoms with Crippen LogP contribution in [0.3, 0.4) is 0 Å². The highest BCUT2D eigenvalue weighted by molar-refractivity contribution is 5.88. The number of hydrogen-bond acceptors (Lipinski definition) is 3. The minimum atomic E-state index is -0.764. The van der Waals surface area contributed by atoms with E-state index >= 15 is 0 Å². The molecule has 0 rings (SSSR count). The van der Waals surface area contributed by atoms with Gasteiger partial charge in [-0.3, -0.25) is 0 Å². The van der Waals surface area contributed by atoms with Crippen LogP contribution in [-0.4, -0.2) is 23.8 Å². The second-order valence-electron chi connectivity index (χ2n) is 4.27. The van der Waals surface area contributed by atoms with Crippen LogP contribution in [0.1, 0.15) is 34.1 Å². The van der Waals surface area contributed by atoms with Gasteiger partial charge in [0.15, 0.2) is 0 Å². The minimum absolute atomic E-state index is 0.00274. The third-order valence-electron chi connectivity index (χ3n) is 1.42. The molecule has 0 radical (unpaired) electrons. The molecule has 0 aliphatic carbocycles. The first-order valence-corrected chi connectivity index (χ1v) is 4.71. The Morgan fingerprint density at radius 3 is 2.50 bits per heavy atom. The van der Waals surface area contributed by atoms with Gasteiger partial charge in [-0.25, -0.2) is 4.79 Å². The minimum Gasteiger partial charge on any atom is -0.456 e. The van der Waals surface area contributed by atoms with Crippen LogP contribution in [0.2, 0.25) is 0 Å². The predicted octanol–water partition coefficient (Wildman–Crippen LogP) is 1.35. The summed E-state index contributed by atoms with van der Waals surface area (Å²) in [4.78, 5) is 10.8. The summed E-state index contributed by atoms with van der Waals surface area (Å²) in [5, 5.41) is 9.42. The van der Waals surface area contributed by atoms with E-state index in [-0.39, 0.29) is 5.41 Å². The van der Waals surface area contributed by atoms with Crippen LogP contribution in [0, 0.1) is 17.3 Å². The van der Waals surface area contributed by atoms with E-state index in [2.05, 4.69) is 16.6 Å². The van der Waals surface area contributed by atoms with E-state index in [1.807, 2.05) is 20.8 Å². The summed E-state index contributed by atoms with van der Waals surface area (Å²) in [7, 11) is 0. The normalized spacial score (nSPS) is 12.6. The lowest BCUT2D eigenvalue weighted by Gasteiger charge is -2.18. The van der Waals surface area contributed by atoms with Crippen molar-refractivity contribution >= 4 is 5.97 Å². The highest BCUT2D eigenvalue weighted by atomic mass is 16.5. The van der Waals surface area contributed by atoms with Gasteiger partial charge in [0.25, 0.3) is 0 Å². The zero-order valence-electron chi connectivity index (χ0n) is 9.26. The van der Waals surface area contributed by atoms with E-state index in [0.29, 0.717) is 13.0 Å². The molecule has 1 N–H and O–H groups in total. The molecule has 3 nitrogen and oxygen atoms in total. The summed E-state index contributed by atoms with van der Waals surface area (Å²) in [6.07, 6.45) is -0.223. The fourth-order valence-electron chi connectivity index (χ4n) is 0.940. The van der Waals surface area contributed by atoms with E-state index in [1.165, 1.54) is 0 Å². The first-order valence-electron chi connectivity index (χ1n) is 4.71. The Balaban J connectivity index is 4.04. The Bertz CT molecular complexity index is 239. The van der Waals surface area contributed by atoms with Crippen LogP contribution in [0.15, 0.2) is 0 Å². The molecule has 3 heteroatoms. The van der Waals surface area contributed by atoms with Crippen molar-refractivity contribution in [2.45, 2.75) is 40.2 Å². The average molecular weight is 198 g/mol. The van der Waals surface area contributed by atoms with Gasteiger partial charge >= 0.3 is 5.97 Å². The van der Waals surface area contributed by atoms with Gasteiger partial charge in [-0.05, 0) is 18.8 Å². The first-order chi connectivity index (χ1) is 6.35. The van der Waals surface area contributed by atoms with E-state index in [4.69, 9.17) is 0 Å². The van der Waals surface area contributed by atoms with Crippen LogP contribution in [0.4, 0.5) is 0 Å². The maximum atomic E-state index is 10.8. The Labute approximate surface area is 85.5 Å². The third kappa shape index (κ3) is 7.63. The van der Waals surface area contributed by atoms with Gasteiger partial charge in [0, 0.05) is 5.92 Å². The van der Waals surface area contributed by atoms with Crippen molar-refractivity contribution in [3.05, 3.63) is 0 Å². The molecule has 0 aliphatic heterocycles. The average Bonchev–Trinajstić information content (AvgIpc) is 1.98. The molecule has 0 amide bonds. The van der Waals surface area contributed by atoms with Gasteiger partial charge in [0.2, 0.25) is 0 Å². The molecule has 1 unspecified atom stereocenters. The lowest BCUT2D eigenvalue weighted by Crippen LogP contribution is -2.16. The zero-order chi connectivity index (χ0) is 11.2. The maximum Gasteiger partial charge on any atom is 0.384 e. The van der Waals surface area contributed by atoms with Crippen LogP contribution >= 0.6 is 0 Å². The van der Waals surface area contributed by atoms with Crippen molar-refractivity contribution in [3.8, 4) is 11.8 Å². The summed E-state index contributed by atoms with van der Waals surface area (Å²) in [5.74, 6) is 4.12. The van der Waals surface area contributed by atoms with Crippen molar-refractivity contribution in [2.75, 3.05) is 6.61 Å². The highest BCUT2D eigenvalue weighted by Crippen LogP contribution is 2.20. The largest absolute Gasteiger partial charge is 0.456 e. The highest BCUT2D eigenvalue weighted by Gasteiger charge is 2.14. The number of carbonyl (C=O) groups excluding carboxylic acids is 1. The van der Waals surface area contributed by atoms with Gasteiger partial charge in [0.1, 0.15) is 6.10 Å². The van der Waals surface area contributed by atoms with Crippen molar-refractivity contribution < 1.29 is 14.6 Å². The van der Waals surface area contributed by atoms with Crippen molar-refractivity contribution in [3.63, 3.8) is 0 Å². The second kappa shape index (κ2) is 5.66. The standard InChI is InChI=1S/C11H18O3/c1-5-14-10(13)7-6-9(12)8-11(2,3)4/h9,12H,5,8H2,1-4H3. The van der Waals surface area contributed by atoms with E-state index < -0.39 is 12.1 Å². The topological polar surface area (TPSA) is 46.5 Å². The molecule has 0 spiro atoms. The number of esters is 1. The molecular formula is C11H18O3. The Morgan fingerprint density at radius 2 is 2.07 bits per heavy atom. The van der Waals surface area contributed by atoms with E-state index in [1.54, 1.807) is 6.92 Å². The van der Waals surface area contributed by atoms with Crippen LogP contribution < -0.4 is 0 Å². The van der Waals surface area contributed by atoms with Crippen molar-refractivity contribution in [1.29, 1.82) is 0 Å². The van der Waals surface area contributed by atoms with Crippen molar-refractivity contribution in [1.82, 2.24) is 0 Å². The number of rotatable bonds is 2. The van der Waals surface area contributed by atoms with Crippen LogP contribution in [-0.2, 0) is 9.53 Å². The fourth-order valence-corrected chi connectivity index (χ4v) is 0.940. The smallest absolute Gasteiger partial charge is 0.384 e. The third-order valence-corrected chi connectivity index (χ3v) is 1.42. The molecule has 0 saturated carbocycles. The van der Waals surface area contributed by atoms with Gasteiger partial charge in [-0.2, -0.15) is 0 Å². The maximum absolute atomic E-state index is 10.8. The van der Waals surface area contributed by atoms with Gasteiger partial charge in [0.05, 0.1) is 6.61 Å². The molecule has 1 atom stereocenters. The molecule has 0 heterocycles. The summed E-state index contributed by atoms with van der Waals surface area (Å²) >= 11 is 0. The Hall–Kier alpha value is -1.01. The number of aliphatic hydroxyl groups is 1. The summed E-state index contributed by atoms with van der Waals surface area (Å²) in [6.45, 7) is 8.03. The molecule has 0 aromatic rings. The number of ether oxygens (including phenoxy) is 1. The van der Waals surface area contributed by atoms with Crippen molar-refractivity contribution in [2.24, 2.45) is 5.41 Å². The summed E-state index contributed by atoms with van der Waals surface area (Å²) in [6, 6.07) is 0. The summed E-state index contributed by atoms with van der Waals surface area (Å²) in [5.41, 5.74) is 0.00274. The molecule has 14 heavy (non-hydrogen) atoms. The second-order valence-corrected chi connectivity index (χ2v) is 4.27. The molecule has 0 saturated heterocycles. The van der Waals surface area contributed by atoms with Gasteiger partial charge in [-0.15, -0.1) is 0 Å².